The van der Waals surface area contributed by atoms with Gasteiger partial charge in [-0.25, -0.2) is 4.98 Å². The zero-order chi connectivity index (χ0) is 12.4. The number of benzene rings is 1. The van der Waals surface area contributed by atoms with E-state index in [0.717, 1.165) is 0 Å². The van der Waals surface area contributed by atoms with Crippen LogP contribution in [-0.4, -0.2) is 31.4 Å². The van der Waals surface area contributed by atoms with E-state index in [2.05, 4.69) is 10.3 Å². The molecule has 1 aromatic carbocycles. The summed E-state index contributed by atoms with van der Waals surface area (Å²) in [5, 5.41) is 13.4. The van der Waals surface area contributed by atoms with Crippen LogP contribution in [0.1, 0.15) is 0 Å². The standard InChI is InChI=1S/C12H14N2O3/c1-13-12-6-9(15)7-4-10(16-2)11(17-3)5-8(7)14-12/h4-6H,1-3H3,(H2,13,14,15). The van der Waals surface area contributed by atoms with Gasteiger partial charge < -0.3 is 19.9 Å². The Hall–Kier alpha value is -2.17. The molecule has 0 aliphatic rings. The molecule has 5 nitrogen and oxygen atoms in total. The number of aromatic nitrogens is 1. The van der Waals surface area contributed by atoms with Crippen molar-refractivity contribution in [3.8, 4) is 17.2 Å². The van der Waals surface area contributed by atoms with Crippen LogP contribution >= 0.6 is 0 Å². The van der Waals surface area contributed by atoms with Gasteiger partial charge in [0, 0.05) is 24.6 Å². The summed E-state index contributed by atoms with van der Waals surface area (Å²) in [4.78, 5) is 4.33. The van der Waals surface area contributed by atoms with Crippen LogP contribution in [-0.2, 0) is 0 Å². The van der Waals surface area contributed by atoms with Crippen LogP contribution in [0, 0.1) is 0 Å². The number of hydrogen-bond donors (Lipinski definition) is 2. The highest BCUT2D eigenvalue weighted by Gasteiger charge is 2.10. The van der Waals surface area contributed by atoms with Gasteiger partial charge in [0.2, 0.25) is 0 Å². The maximum Gasteiger partial charge on any atom is 0.162 e. The quantitative estimate of drug-likeness (QED) is 0.850. The highest BCUT2D eigenvalue weighted by molar-refractivity contribution is 5.89. The molecule has 5 heteroatoms. The maximum absolute atomic E-state index is 9.89. The lowest BCUT2D eigenvalue weighted by atomic mass is 10.1. The Morgan fingerprint density at radius 1 is 1.12 bits per heavy atom. The average Bonchev–Trinajstić information content (AvgIpc) is 2.36. The lowest BCUT2D eigenvalue weighted by molar-refractivity contribution is 0.355. The van der Waals surface area contributed by atoms with Gasteiger partial charge in [-0.15, -0.1) is 0 Å². The number of hydrogen-bond acceptors (Lipinski definition) is 5. The zero-order valence-corrected chi connectivity index (χ0v) is 9.94. The van der Waals surface area contributed by atoms with Gasteiger partial charge >= 0.3 is 0 Å². The number of nitrogens with one attached hydrogen (secondary N) is 1. The van der Waals surface area contributed by atoms with Gasteiger partial charge in [-0.1, -0.05) is 0 Å². The van der Waals surface area contributed by atoms with E-state index in [1.165, 1.54) is 0 Å². The largest absolute Gasteiger partial charge is 0.507 e. The van der Waals surface area contributed by atoms with Crippen LogP contribution in [0.4, 0.5) is 5.82 Å². The van der Waals surface area contributed by atoms with Crippen molar-refractivity contribution in [3.05, 3.63) is 18.2 Å². The van der Waals surface area contributed by atoms with E-state index < -0.39 is 0 Å². The Kier molecular flexibility index (Phi) is 2.91. The van der Waals surface area contributed by atoms with E-state index in [-0.39, 0.29) is 5.75 Å². The number of rotatable bonds is 3. The Balaban J connectivity index is 2.73. The number of methoxy groups -OCH3 is 2. The van der Waals surface area contributed by atoms with E-state index in [0.29, 0.717) is 28.2 Å². The molecule has 0 amide bonds. The third-order valence-corrected chi connectivity index (χ3v) is 2.55. The minimum absolute atomic E-state index is 0.153. The van der Waals surface area contributed by atoms with Crippen LogP contribution < -0.4 is 14.8 Å². The Morgan fingerprint density at radius 3 is 2.35 bits per heavy atom. The number of pyridine rings is 1. The summed E-state index contributed by atoms with van der Waals surface area (Å²) in [6, 6.07) is 5.00. The fourth-order valence-corrected chi connectivity index (χ4v) is 1.66. The Morgan fingerprint density at radius 2 is 1.76 bits per heavy atom. The molecule has 0 bridgehead atoms. The first kappa shape index (κ1) is 11.3. The molecule has 0 aliphatic heterocycles. The molecule has 90 valence electrons. The lowest BCUT2D eigenvalue weighted by Crippen LogP contribution is -1.95. The molecule has 0 saturated carbocycles. The van der Waals surface area contributed by atoms with Crippen molar-refractivity contribution in [1.29, 1.82) is 0 Å². The van der Waals surface area contributed by atoms with Gasteiger partial charge in [-0.3, -0.25) is 0 Å². The topological polar surface area (TPSA) is 63.6 Å². The summed E-state index contributed by atoms with van der Waals surface area (Å²) >= 11 is 0. The van der Waals surface area contributed by atoms with Gasteiger partial charge in [0.1, 0.15) is 11.6 Å². The van der Waals surface area contributed by atoms with Crippen LogP contribution in [0.15, 0.2) is 18.2 Å². The lowest BCUT2D eigenvalue weighted by Gasteiger charge is -2.10. The molecule has 0 fully saturated rings. The molecule has 0 atom stereocenters. The first-order chi connectivity index (χ1) is 8.19. The Labute approximate surface area is 99.0 Å². The second-order valence-electron chi connectivity index (χ2n) is 3.50. The molecule has 0 aliphatic carbocycles. The highest BCUT2D eigenvalue weighted by atomic mass is 16.5. The van der Waals surface area contributed by atoms with Crippen molar-refractivity contribution in [1.82, 2.24) is 4.98 Å². The molecule has 17 heavy (non-hydrogen) atoms. The van der Waals surface area contributed by atoms with E-state index in [9.17, 15) is 5.11 Å². The van der Waals surface area contributed by atoms with Crippen molar-refractivity contribution >= 4 is 16.7 Å². The summed E-state index contributed by atoms with van der Waals surface area (Å²) in [5.41, 5.74) is 0.645. The van der Waals surface area contributed by atoms with Crippen LogP contribution in [0.25, 0.3) is 10.9 Å². The Bertz CT molecular complexity index is 555. The van der Waals surface area contributed by atoms with Gasteiger partial charge in [-0.05, 0) is 6.07 Å². The summed E-state index contributed by atoms with van der Waals surface area (Å²) in [5.74, 6) is 1.90. The van der Waals surface area contributed by atoms with Crippen LogP contribution in [0.3, 0.4) is 0 Å². The minimum Gasteiger partial charge on any atom is -0.507 e. The van der Waals surface area contributed by atoms with Crippen molar-refractivity contribution in [3.63, 3.8) is 0 Å². The van der Waals surface area contributed by atoms with Crippen molar-refractivity contribution < 1.29 is 14.6 Å². The van der Waals surface area contributed by atoms with Crippen LogP contribution in [0.2, 0.25) is 0 Å². The number of aromatic hydroxyl groups is 1. The molecule has 2 aromatic rings. The van der Waals surface area contributed by atoms with Crippen molar-refractivity contribution in [2.75, 3.05) is 26.6 Å². The normalized spacial score (nSPS) is 10.3. The fourth-order valence-electron chi connectivity index (χ4n) is 1.66. The van der Waals surface area contributed by atoms with Gasteiger partial charge in [0.05, 0.1) is 19.7 Å². The van der Waals surface area contributed by atoms with Gasteiger partial charge in [-0.2, -0.15) is 0 Å². The third-order valence-electron chi connectivity index (χ3n) is 2.55. The predicted molar refractivity (Wildman–Crippen MR) is 66.1 cm³/mol. The van der Waals surface area contributed by atoms with Crippen molar-refractivity contribution in [2.45, 2.75) is 0 Å². The van der Waals surface area contributed by atoms with E-state index >= 15 is 0 Å². The van der Waals surface area contributed by atoms with Gasteiger partial charge in [0.25, 0.3) is 0 Å². The molecular weight excluding hydrogens is 220 g/mol. The van der Waals surface area contributed by atoms with E-state index in [1.54, 1.807) is 39.5 Å². The molecule has 0 unspecified atom stereocenters. The summed E-state index contributed by atoms with van der Waals surface area (Å²) < 4.78 is 10.4. The molecule has 2 rings (SSSR count). The molecule has 1 heterocycles. The monoisotopic (exact) mass is 234 g/mol. The summed E-state index contributed by atoms with van der Waals surface area (Å²) in [6.45, 7) is 0. The number of nitrogens with zero attached hydrogens (tertiary/aromatic N) is 1. The fraction of sp³-hybridized carbons (Fsp3) is 0.250. The second-order valence-corrected chi connectivity index (χ2v) is 3.50. The zero-order valence-electron chi connectivity index (χ0n) is 9.94. The van der Waals surface area contributed by atoms with Crippen LogP contribution in [0.5, 0.6) is 17.2 Å². The molecule has 0 saturated heterocycles. The highest BCUT2D eigenvalue weighted by Crippen LogP contribution is 2.35. The summed E-state index contributed by atoms with van der Waals surface area (Å²) in [6.07, 6.45) is 0. The molecular formula is C12H14N2O3. The molecule has 0 spiro atoms. The molecule has 2 N–H and O–H groups in total. The number of ether oxygens (including phenoxy) is 2. The van der Waals surface area contributed by atoms with E-state index in [4.69, 9.17) is 9.47 Å². The first-order valence-electron chi connectivity index (χ1n) is 5.13. The average molecular weight is 234 g/mol. The number of fused-ring (bicyclic) bond motifs is 1. The minimum atomic E-state index is 0.153. The van der Waals surface area contributed by atoms with E-state index in [1.807, 2.05) is 0 Å². The smallest absolute Gasteiger partial charge is 0.162 e. The third kappa shape index (κ3) is 1.91. The predicted octanol–water partition coefficient (Wildman–Crippen LogP) is 2.00. The van der Waals surface area contributed by atoms with Crippen molar-refractivity contribution in [2.24, 2.45) is 0 Å². The molecule has 1 aromatic heterocycles. The second kappa shape index (κ2) is 4.37. The summed E-state index contributed by atoms with van der Waals surface area (Å²) in [7, 11) is 4.86. The maximum atomic E-state index is 9.89. The number of anilines is 1. The SMILES string of the molecule is CNc1cc(O)c2cc(OC)c(OC)cc2n1. The van der Waals surface area contributed by atoms with Gasteiger partial charge in [0.15, 0.2) is 11.5 Å². The first-order valence-corrected chi connectivity index (χ1v) is 5.13. The molecule has 0 radical (unpaired) electrons.